The van der Waals surface area contributed by atoms with Gasteiger partial charge in [-0.2, -0.15) is 0 Å². The Labute approximate surface area is 95.5 Å². The molecule has 0 radical (unpaired) electrons. The lowest BCUT2D eigenvalue weighted by Gasteiger charge is -2.45. The van der Waals surface area contributed by atoms with Gasteiger partial charge in [0.25, 0.3) is 0 Å². The van der Waals surface area contributed by atoms with Gasteiger partial charge in [0, 0.05) is 0 Å². The van der Waals surface area contributed by atoms with E-state index in [-0.39, 0.29) is 0 Å². The van der Waals surface area contributed by atoms with Crippen molar-refractivity contribution in [3.63, 3.8) is 0 Å². The van der Waals surface area contributed by atoms with Gasteiger partial charge in [0.1, 0.15) is 0 Å². The minimum Gasteiger partial charge on any atom is -0.0842 e. The quantitative estimate of drug-likeness (QED) is 0.525. The first kappa shape index (κ1) is 12.5. The first-order valence-corrected chi connectivity index (χ1v) is 6.52. The summed E-state index contributed by atoms with van der Waals surface area (Å²) in [7, 11) is 0. The fraction of sp³-hybridized carbons (Fsp3) is 0.733. The molecule has 0 fully saturated rings. The van der Waals surface area contributed by atoms with Gasteiger partial charge in [-0.05, 0) is 42.1 Å². The van der Waals surface area contributed by atoms with E-state index in [1.165, 1.54) is 19.3 Å². The normalized spacial score (nSPS) is 38.6. The SMILES string of the molecule is CC.CC1CC=C2C=CCCC2(C)C1C. The van der Waals surface area contributed by atoms with E-state index in [0.29, 0.717) is 5.41 Å². The maximum absolute atomic E-state index is 2.46. The first-order valence-electron chi connectivity index (χ1n) is 6.52. The zero-order chi connectivity index (χ0) is 11.5. The van der Waals surface area contributed by atoms with Crippen molar-refractivity contribution in [2.75, 3.05) is 0 Å². The lowest BCUT2D eigenvalue weighted by Crippen LogP contribution is -2.35. The van der Waals surface area contributed by atoms with Crippen LogP contribution in [0.3, 0.4) is 0 Å². The molecular weight excluding hydrogens is 180 g/mol. The van der Waals surface area contributed by atoms with Crippen molar-refractivity contribution >= 4 is 0 Å². The zero-order valence-electron chi connectivity index (χ0n) is 11.0. The van der Waals surface area contributed by atoms with E-state index in [9.17, 15) is 0 Å². The van der Waals surface area contributed by atoms with Crippen molar-refractivity contribution in [3.8, 4) is 0 Å². The van der Waals surface area contributed by atoms with Crippen LogP contribution in [0.4, 0.5) is 0 Å². The highest BCUT2D eigenvalue weighted by atomic mass is 14.4. The van der Waals surface area contributed by atoms with E-state index in [1.807, 2.05) is 13.8 Å². The molecule has 0 aromatic rings. The highest BCUT2D eigenvalue weighted by Gasteiger charge is 2.39. The number of hydrogen-bond acceptors (Lipinski definition) is 0. The van der Waals surface area contributed by atoms with Gasteiger partial charge in [-0.15, -0.1) is 0 Å². The number of hydrogen-bond donors (Lipinski definition) is 0. The van der Waals surface area contributed by atoms with Gasteiger partial charge >= 0.3 is 0 Å². The Hall–Kier alpha value is -0.520. The summed E-state index contributed by atoms with van der Waals surface area (Å²) in [5.41, 5.74) is 2.08. The van der Waals surface area contributed by atoms with Crippen LogP contribution in [0.2, 0.25) is 0 Å². The fourth-order valence-corrected chi connectivity index (χ4v) is 2.86. The smallest absolute Gasteiger partial charge is 0.00473 e. The largest absolute Gasteiger partial charge is 0.0842 e. The summed E-state index contributed by atoms with van der Waals surface area (Å²) < 4.78 is 0. The summed E-state index contributed by atoms with van der Waals surface area (Å²) in [6, 6.07) is 0. The average Bonchev–Trinajstić information content (AvgIpc) is 2.28. The molecule has 0 saturated carbocycles. The Morgan fingerprint density at radius 3 is 2.60 bits per heavy atom. The van der Waals surface area contributed by atoms with Gasteiger partial charge in [0.2, 0.25) is 0 Å². The lowest BCUT2D eigenvalue weighted by molar-refractivity contribution is 0.159. The monoisotopic (exact) mass is 206 g/mol. The minimum atomic E-state index is 0.479. The van der Waals surface area contributed by atoms with E-state index >= 15 is 0 Å². The number of allylic oxidation sites excluding steroid dienone is 4. The van der Waals surface area contributed by atoms with Crippen LogP contribution in [0.25, 0.3) is 0 Å². The zero-order valence-corrected chi connectivity index (χ0v) is 11.0. The van der Waals surface area contributed by atoms with Crippen LogP contribution >= 0.6 is 0 Å². The minimum absolute atomic E-state index is 0.479. The van der Waals surface area contributed by atoms with E-state index in [0.717, 1.165) is 11.8 Å². The summed E-state index contributed by atoms with van der Waals surface area (Å²) in [6.07, 6.45) is 11.0. The summed E-state index contributed by atoms with van der Waals surface area (Å²) >= 11 is 0. The second kappa shape index (κ2) is 5.01. The average molecular weight is 206 g/mol. The summed E-state index contributed by atoms with van der Waals surface area (Å²) in [6.45, 7) is 11.3. The molecule has 0 aromatic carbocycles. The van der Waals surface area contributed by atoms with Crippen LogP contribution in [-0.4, -0.2) is 0 Å². The third-order valence-electron chi connectivity index (χ3n) is 4.36. The number of fused-ring (bicyclic) bond motifs is 1. The molecule has 3 unspecified atom stereocenters. The van der Waals surface area contributed by atoms with Crippen molar-refractivity contribution < 1.29 is 0 Å². The van der Waals surface area contributed by atoms with Crippen LogP contribution in [0, 0.1) is 17.3 Å². The van der Waals surface area contributed by atoms with E-state index in [1.54, 1.807) is 5.57 Å². The van der Waals surface area contributed by atoms with Crippen LogP contribution in [-0.2, 0) is 0 Å². The summed E-state index contributed by atoms with van der Waals surface area (Å²) in [5.74, 6) is 1.71. The molecule has 3 atom stereocenters. The predicted octanol–water partition coefficient (Wildman–Crippen LogP) is 4.97. The maximum atomic E-state index is 2.46. The maximum Gasteiger partial charge on any atom is -0.00473 e. The Kier molecular flexibility index (Phi) is 4.19. The molecule has 0 aliphatic heterocycles. The van der Waals surface area contributed by atoms with Crippen LogP contribution in [0.5, 0.6) is 0 Å². The molecule has 0 spiro atoms. The molecule has 0 saturated heterocycles. The van der Waals surface area contributed by atoms with Crippen LogP contribution in [0.1, 0.15) is 53.9 Å². The second-order valence-corrected chi connectivity index (χ2v) is 5.02. The highest BCUT2D eigenvalue weighted by Crippen LogP contribution is 2.49. The molecule has 0 N–H and O–H groups in total. The molecule has 0 bridgehead atoms. The third kappa shape index (κ3) is 2.19. The molecule has 0 nitrogen and oxygen atoms in total. The van der Waals surface area contributed by atoms with Gasteiger partial charge < -0.3 is 0 Å². The Morgan fingerprint density at radius 1 is 1.27 bits per heavy atom. The van der Waals surface area contributed by atoms with Crippen molar-refractivity contribution in [2.45, 2.75) is 53.9 Å². The molecule has 15 heavy (non-hydrogen) atoms. The van der Waals surface area contributed by atoms with Crippen molar-refractivity contribution in [1.82, 2.24) is 0 Å². The Bertz CT molecular complexity index is 259. The van der Waals surface area contributed by atoms with Crippen molar-refractivity contribution in [3.05, 3.63) is 23.8 Å². The third-order valence-corrected chi connectivity index (χ3v) is 4.36. The molecule has 2 rings (SSSR count). The van der Waals surface area contributed by atoms with E-state index < -0.39 is 0 Å². The lowest BCUT2D eigenvalue weighted by atomic mass is 9.60. The van der Waals surface area contributed by atoms with E-state index in [4.69, 9.17) is 0 Å². The standard InChI is InChI=1S/C13H20.C2H6/c1-10-7-8-12-6-4-5-9-13(12,3)11(10)2;1-2/h4,6,8,10-11H,5,7,9H2,1-3H3;1-2H3. The van der Waals surface area contributed by atoms with Crippen LogP contribution in [0.15, 0.2) is 23.8 Å². The van der Waals surface area contributed by atoms with Gasteiger partial charge in [0.15, 0.2) is 0 Å². The topological polar surface area (TPSA) is 0 Å². The van der Waals surface area contributed by atoms with E-state index in [2.05, 4.69) is 39.0 Å². The van der Waals surface area contributed by atoms with Crippen molar-refractivity contribution in [2.24, 2.45) is 17.3 Å². The Morgan fingerprint density at radius 2 is 1.93 bits per heavy atom. The van der Waals surface area contributed by atoms with Crippen molar-refractivity contribution in [1.29, 1.82) is 0 Å². The first-order chi connectivity index (χ1) is 7.14. The second-order valence-electron chi connectivity index (χ2n) is 5.02. The molecule has 0 heteroatoms. The van der Waals surface area contributed by atoms with Crippen LogP contribution < -0.4 is 0 Å². The molecular formula is C15H26. The highest BCUT2D eigenvalue weighted by molar-refractivity contribution is 5.32. The molecule has 0 amide bonds. The summed E-state index contributed by atoms with van der Waals surface area (Å²) in [5, 5.41) is 0. The molecule has 2 aliphatic rings. The van der Waals surface area contributed by atoms with Gasteiger partial charge in [0.05, 0.1) is 0 Å². The molecule has 86 valence electrons. The fourth-order valence-electron chi connectivity index (χ4n) is 2.86. The van der Waals surface area contributed by atoms with Gasteiger partial charge in [-0.25, -0.2) is 0 Å². The predicted molar refractivity (Wildman–Crippen MR) is 68.9 cm³/mol. The summed E-state index contributed by atoms with van der Waals surface area (Å²) in [4.78, 5) is 0. The molecule has 2 aliphatic carbocycles. The van der Waals surface area contributed by atoms with Gasteiger partial charge in [-0.3, -0.25) is 0 Å². The Balaban J connectivity index is 0.000000531. The van der Waals surface area contributed by atoms with Gasteiger partial charge in [-0.1, -0.05) is 52.8 Å². The molecule has 0 aromatic heterocycles. The number of rotatable bonds is 0. The molecule has 0 heterocycles.